The normalized spacial score (nSPS) is 12.7. The van der Waals surface area contributed by atoms with Gasteiger partial charge in [-0.05, 0) is 31.5 Å². The fraction of sp³-hybridized carbons (Fsp3) is 0.538. The smallest absolute Gasteiger partial charge is 0.0635 e. The van der Waals surface area contributed by atoms with Gasteiger partial charge in [-0.1, -0.05) is 0 Å². The lowest BCUT2D eigenvalue weighted by molar-refractivity contribution is 0.161. The molecule has 1 aromatic rings. The van der Waals surface area contributed by atoms with Gasteiger partial charge in [0.15, 0.2) is 0 Å². The van der Waals surface area contributed by atoms with Crippen molar-refractivity contribution in [3.8, 4) is 6.07 Å². The van der Waals surface area contributed by atoms with E-state index in [0.29, 0.717) is 19.0 Å². The van der Waals surface area contributed by atoms with Gasteiger partial charge < -0.3 is 5.73 Å². The molecule has 1 heterocycles. The third kappa shape index (κ3) is 3.81. The minimum absolute atomic E-state index is 0.159. The van der Waals surface area contributed by atoms with Gasteiger partial charge in [0.2, 0.25) is 0 Å². The molecule has 0 radical (unpaired) electrons. The zero-order chi connectivity index (χ0) is 12.7. The third-order valence-electron chi connectivity index (χ3n) is 2.86. The highest BCUT2D eigenvalue weighted by molar-refractivity contribution is 5.16. The largest absolute Gasteiger partial charge is 0.329 e. The molecule has 0 spiro atoms. The number of hydrogen-bond donors (Lipinski definition) is 1. The fourth-order valence-electron chi connectivity index (χ4n) is 2.00. The van der Waals surface area contributed by atoms with Crippen LogP contribution in [0.2, 0.25) is 0 Å². The van der Waals surface area contributed by atoms with Crippen molar-refractivity contribution in [2.24, 2.45) is 5.73 Å². The molecule has 4 nitrogen and oxygen atoms in total. The molecule has 1 rings (SSSR count). The van der Waals surface area contributed by atoms with Crippen molar-refractivity contribution in [3.05, 3.63) is 30.1 Å². The maximum atomic E-state index is 8.70. The van der Waals surface area contributed by atoms with E-state index in [-0.39, 0.29) is 6.04 Å². The molecule has 0 aliphatic heterocycles. The Bertz CT molecular complexity index is 355. The van der Waals surface area contributed by atoms with Crippen molar-refractivity contribution in [1.29, 1.82) is 5.26 Å². The predicted octanol–water partition coefficient (Wildman–Crippen LogP) is 1.71. The SMILES string of the molecule is CC(C)N(CCC#N)C(CN)c1ccncc1. The van der Waals surface area contributed by atoms with E-state index in [1.807, 2.05) is 12.1 Å². The monoisotopic (exact) mass is 232 g/mol. The molecule has 0 bridgehead atoms. The highest BCUT2D eigenvalue weighted by atomic mass is 15.2. The Balaban J connectivity index is 2.86. The van der Waals surface area contributed by atoms with Crippen LogP contribution in [0.15, 0.2) is 24.5 Å². The van der Waals surface area contributed by atoms with E-state index >= 15 is 0 Å². The predicted molar refractivity (Wildman–Crippen MR) is 68.1 cm³/mol. The summed E-state index contributed by atoms with van der Waals surface area (Å²) in [5, 5.41) is 8.70. The van der Waals surface area contributed by atoms with Crippen molar-refractivity contribution in [2.75, 3.05) is 13.1 Å². The molecular weight excluding hydrogens is 212 g/mol. The molecule has 0 aliphatic rings. The lowest BCUT2D eigenvalue weighted by Crippen LogP contribution is -2.39. The summed E-state index contributed by atoms with van der Waals surface area (Å²) in [6.07, 6.45) is 4.08. The second-order valence-electron chi connectivity index (χ2n) is 4.27. The van der Waals surface area contributed by atoms with Gasteiger partial charge in [0.25, 0.3) is 0 Å². The number of nitrogens with two attached hydrogens (primary N) is 1. The van der Waals surface area contributed by atoms with E-state index in [9.17, 15) is 0 Å². The van der Waals surface area contributed by atoms with Crippen LogP contribution in [0.1, 0.15) is 31.9 Å². The van der Waals surface area contributed by atoms with E-state index in [2.05, 4.69) is 29.8 Å². The van der Waals surface area contributed by atoms with E-state index in [4.69, 9.17) is 11.0 Å². The minimum atomic E-state index is 0.159. The molecule has 0 saturated heterocycles. The summed E-state index contributed by atoms with van der Waals surface area (Å²) < 4.78 is 0. The quantitative estimate of drug-likeness (QED) is 0.810. The zero-order valence-electron chi connectivity index (χ0n) is 10.5. The van der Waals surface area contributed by atoms with Crippen molar-refractivity contribution >= 4 is 0 Å². The molecule has 0 aliphatic carbocycles. The van der Waals surface area contributed by atoms with Crippen LogP contribution < -0.4 is 5.73 Å². The van der Waals surface area contributed by atoms with Crippen molar-refractivity contribution < 1.29 is 0 Å². The summed E-state index contributed by atoms with van der Waals surface area (Å²) in [5.74, 6) is 0. The number of aromatic nitrogens is 1. The summed E-state index contributed by atoms with van der Waals surface area (Å²) in [6.45, 7) is 5.55. The molecule has 4 heteroatoms. The van der Waals surface area contributed by atoms with Crippen molar-refractivity contribution in [1.82, 2.24) is 9.88 Å². The van der Waals surface area contributed by atoms with Crippen LogP contribution in [0.4, 0.5) is 0 Å². The molecule has 17 heavy (non-hydrogen) atoms. The molecule has 1 unspecified atom stereocenters. The Kier molecular flexibility index (Phi) is 5.61. The lowest BCUT2D eigenvalue weighted by atomic mass is 10.0. The summed E-state index contributed by atoms with van der Waals surface area (Å²) in [6, 6.07) is 6.68. The molecule has 92 valence electrons. The molecule has 1 atom stereocenters. The second-order valence-corrected chi connectivity index (χ2v) is 4.27. The molecule has 0 aromatic carbocycles. The topological polar surface area (TPSA) is 65.9 Å². The summed E-state index contributed by atoms with van der Waals surface area (Å²) in [4.78, 5) is 6.28. The van der Waals surface area contributed by atoms with E-state index in [0.717, 1.165) is 12.1 Å². The van der Waals surface area contributed by atoms with Crippen LogP contribution in [0.5, 0.6) is 0 Å². The number of nitrogens with zero attached hydrogens (tertiary/aromatic N) is 3. The maximum absolute atomic E-state index is 8.70. The first-order chi connectivity index (χ1) is 8.20. The Morgan fingerprint density at radius 2 is 2.06 bits per heavy atom. The van der Waals surface area contributed by atoms with Crippen molar-refractivity contribution in [2.45, 2.75) is 32.4 Å². The number of nitriles is 1. The van der Waals surface area contributed by atoms with Gasteiger partial charge in [0.1, 0.15) is 0 Å². The summed E-state index contributed by atoms with van der Waals surface area (Å²) >= 11 is 0. The minimum Gasteiger partial charge on any atom is -0.329 e. The molecule has 0 saturated carbocycles. The summed E-state index contributed by atoms with van der Waals surface area (Å²) in [7, 11) is 0. The first kappa shape index (κ1) is 13.6. The standard InChI is InChI=1S/C13H20N4/c1-11(2)17(9-3-6-14)13(10-15)12-4-7-16-8-5-12/h4-5,7-8,11,13H,3,9-10,15H2,1-2H3. The van der Waals surface area contributed by atoms with Gasteiger partial charge in [0, 0.05) is 44.0 Å². The molecule has 1 aromatic heterocycles. The molecule has 2 N–H and O–H groups in total. The highest BCUT2D eigenvalue weighted by Crippen LogP contribution is 2.21. The Morgan fingerprint density at radius 1 is 1.41 bits per heavy atom. The fourth-order valence-corrected chi connectivity index (χ4v) is 2.00. The second kappa shape index (κ2) is 7.00. The molecular formula is C13H20N4. The summed E-state index contributed by atoms with van der Waals surface area (Å²) in [5.41, 5.74) is 7.03. The molecule has 0 fully saturated rings. The van der Waals surface area contributed by atoms with Gasteiger partial charge in [-0.25, -0.2) is 0 Å². The van der Waals surface area contributed by atoms with Gasteiger partial charge in [-0.2, -0.15) is 5.26 Å². The first-order valence-electron chi connectivity index (χ1n) is 5.93. The lowest BCUT2D eigenvalue weighted by Gasteiger charge is -2.34. The number of pyridine rings is 1. The average molecular weight is 232 g/mol. The zero-order valence-corrected chi connectivity index (χ0v) is 10.5. The van der Waals surface area contributed by atoms with Crippen LogP contribution in [0.3, 0.4) is 0 Å². The number of rotatable bonds is 6. The van der Waals surface area contributed by atoms with Crippen LogP contribution >= 0.6 is 0 Å². The van der Waals surface area contributed by atoms with Gasteiger partial charge >= 0.3 is 0 Å². The molecule has 0 amide bonds. The average Bonchev–Trinajstić information content (AvgIpc) is 2.35. The van der Waals surface area contributed by atoms with E-state index in [1.54, 1.807) is 12.4 Å². The van der Waals surface area contributed by atoms with Gasteiger partial charge in [-0.15, -0.1) is 0 Å². The first-order valence-corrected chi connectivity index (χ1v) is 5.93. The van der Waals surface area contributed by atoms with E-state index in [1.165, 1.54) is 0 Å². The highest BCUT2D eigenvalue weighted by Gasteiger charge is 2.21. The van der Waals surface area contributed by atoms with Gasteiger partial charge in [0.05, 0.1) is 6.07 Å². The Morgan fingerprint density at radius 3 is 2.53 bits per heavy atom. The van der Waals surface area contributed by atoms with Crippen LogP contribution in [-0.2, 0) is 0 Å². The van der Waals surface area contributed by atoms with Crippen LogP contribution in [0, 0.1) is 11.3 Å². The van der Waals surface area contributed by atoms with E-state index < -0.39 is 0 Å². The number of hydrogen-bond acceptors (Lipinski definition) is 4. The van der Waals surface area contributed by atoms with Crippen LogP contribution in [0.25, 0.3) is 0 Å². The van der Waals surface area contributed by atoms with Crippen molar-refractivity contribution in [3.63, 3.8) is 0 Å². The third-order valence-corrected chi connectivity index (χ3v) is 2.86. The van der Waals surface area contributed by atoms with Gasteiger partial charge in [-0.3, -0.25) is 9.88 Å². The Labute approximate surface area is 103 Å². The Hall–Kier alpha value is -1.44. The maximum Gasteiger partial charge on any atom is 0.0635 e. The van der Waals surface area contributed by atoms with Crippen LogP contribution in [-0.4, -0.2) is 29.0 Å².